The number of hydrogen-bond acceptors (Lipinski definition) is 16. The summed E-state index contributed by atoms with van der Waals surface area (Å²) in [5, 5.41) is 0. The second-order valence-corrected chi connectivity index (χ2v) is 14.7. The van der Waals surface area contributed by atoms with E-state index in [-0.39, 0.29) is 36.1 Å². The first-order chi connectivity index (χ1) is 34.9. The highest BCUT2D eigenvalue weighted by atomic mass is 16.5. The lowest BCUT2D eigenvalue weighted by molar-refractivity contribution is 0.0992. The SMILES string of the molecule is NC(=O)c1ccc(Oc2nc(Oc3ccc(C(N)=O)cc3)nc(Oc3ccc(-c4ccccc4)cc3)n2)cc1.NC(=O)c1ccc(Oc2nc(Oc3ccccc3)nc(Oc3ccc(C(N)=O)cc3)n2)cc1. The summed E-state index contributed by atoms with van der Waals surface area (Å²) in [6.07, 6.45) is 0. The monoisotopic (exact) mass is 962 g/mol. The van der Waals surface area contributed by atoms with Crippen molar-refractivity contribution in [3.05, 3.63) is 204 Å². The molecule has 0 saturated carbocycles. The minimum absolute atomic E-state index is 0.0660. The van der Waals surface area contributed by atoms with Gasteiger partial charge in [-0.25, -0.2) is 0 Å². The molecule has 0 saturated heterocycles. The van der Waals surface area contributed by atoms with Gasteiger partial charge in [0.2, 0.25) is 23.6 Å². The number of rotatable bonds is 17. The minimum atomic E-state index is -0.561. The molecule has 0 aliphatic heterocycles. The topological polar surface area (TPSA) is 305 Å². The van der Waals surface area contributed by atoms with Crippen molar-refractivity contribution < 1.29 is 47.6 Å². The van der Waals surface area contributed by atoms with E-state index in [0.717, 1.165) is 11.1 Å². The molecular weight excluding hydrogens is 925 g/mol. The lowest BCUT2D eigenvalue weighted by atomic mass is 10.1. The molecule has 20 heteroatoms. The van der Waals surface area contributed by atoms with Gasteiger partial charge < -0.3 is 51.4 Å². The molecule has 0 aliphatic rings. The zero-order chi connectivity index (χ0) is 50.4. The number of nitrogens with zero attached hydrogens (tertiary/aromatic N) is 6. The second-order valence-electron chi connectivity index (χ2n) is 14.7. The predicted molar refractivity (Wildman–Crippen MR) is 258 cm³/mol. The van der Waals surface area contributed by atoms with Crippen molar-refractivity contribution in [1.29, 1.82) is 0 Å². The number of para-hydroxylation sites is 1. The molecule has 0 fully saturated rings. The molecule has 0 radical (unpaired) electrons. The highest BCUT2D eigenvalue weighted by molar-refractivity contribution is 5.94. The Morgan fingerprint density at radius 1 is 0.250 bits per heavy atom. The summed E-state index contributed by atoms with van der Waals surface area (Å²) in [6, 6.07) is 50.2. The fraction of sp³-hybridized carbons (Fsp3) is 0. The van der Waals surface area contributed by atoms with Crippen LogP contribution < -0.4 is 51.4 Å². The number of benzene rings is 7. The van der Waals surface area contributed by atoms with Crippen LogP contribution in [-0.4, -0.2) is 53.5 Å². The van der Waals surface area contributed by atoms with Crippen LogP contribution in [0.5, 0.6) is 70.6 Å². The van der Waals surface area contributed by atoms with Crippen molar-refractivity contribution >= 4 is 23.6 Å². The maximum atomic E-state index is 11.4. The van der Waals surface area contributed by atoms with Crippen molar-refractivity contribution in [3.63, 3.8) is 0 Å². The summed E-state index contributed by atoms with van der Waals surface area (Å²) < 4.78 is 34.5. The Hall–Kier alpha value is -10.8. The molecule has 20 nitrogen and oxygen atoms in total. The van der Waals surface area contributed by atoms with Crippen molar-refractivity contribution in [1.82, 2.24) is 29.9 Å². The van der Waals surface area contributed by atoms with E-state index in [1.54, 1.807) is 84.9 Å². The van der Waals surface area contributed by atoms with Gasteiger partial charge in [0.25, 0.3) is 0 Å². The molecule has 9 aromatic rings. The van der Waals surface area contributed by atoms with E-state index in [9.17, 15) is 19.2 Å². The van der Waals surface area contributed by atoms with Gasteiger partial charge in [-0.05, 0) is 132 Å². The van der Waals surface area contributed by atoms with Gasteiger partial charge in [0.15, 0.2) is 0 Å². The summed E-state index contributed by atoms with van der Waals surface area (Å²) in [5.74, 6) is 0.148. The average molecular weight is 963 g/mol. The van der Waals surface area contributed by atoms with Crippen LogP contribution in [-0.2, 0) is 0 Å². The van der Waals surface area contributed by atoms with Gasteiger partial charge in [-0.3, -0.25) is 19.2 Å². The molecular formula is C52H38N10O10. The molecule has 7 aromatic carbocycles. The Kier molecular flexibility index (Phi) is 14.8. The highest BCUT2D eigenvalue weighted by Crippen LogP contribution is 2.30. The van der Waals surface area contributed by atoms with E-state index < -0.39 is 23.6 Å². The summed E-state index contributed by atoms with van der Waals surface area (Å²) in [4.78, 5) is 70.4. The maximum Gasteiger partial charge on any atom is 0.331 e. The van der Waals surface area contributed by atoms with Crippen LogP contribution in [0, 0.1) is 0 Å². The fourth-order valence-electron chi connectivity index (χ4n) is 6.13. The first-order valence-electron chi connectivity index (χ1n) is 21.3. The molecule has 4 amide bonds. The van der Waals surface area contributed by atoms with Crippen LogP contribution in [0.2, 0.25) is 0 Å². The zero-order valence-corrected chi connectivity index (χ0v) is 37.4. The molecule has 2 aromatic heterocycles. The first kappa shape index (κ1) is 47.7. The molecule has 72 heavy (non-hydrogen) atoms. The Morgan fingerprint density at radius 3 is 0.681 bits per heavy atom. The third-order valence-electron chi connectivity index (χ3n) is 9.66. The summed E-state index contributed by atoms with van der Waals surface area (Å²) >= 11 is 0. The molecule has 356 valence electrons. The quantitative estimate of drug-likeness (QED) is 0.0664. The summed E-state index contributed by atoms with van der Waals surface area (Å²) in [6.45, 7) is 0. The van der Waals surface area contributed by atoms with E-state index >= 15 is 0 Å². The van der Waals surface area contributed by atoms with Crippen molar-refractivity contribution in [2.75, 3.05) is 0 Å². The smallest absolute Gasteiger partial charge is 0.331 e. The third-order valence-corrected chi connectivity index (χ3v) is 9.66. The summed E-state index contributed by atoms with van der Waals surface area (Å²) in [5.41, 5.74) is 24.5. The van der Waals surface area contributed by atoms with Crippen LogP contribution >= 0.6 is 0 Å². The number of primary amides is 4. The van der Waals surface area contributed by atoms with E-state index in [4.69, 9.17) is 51.4 Å². The maximum absolute atomic E-state index is 11.4. The van der Waals surface area contributed by atoms with E-state index in [1.807, 2.05) is 48.5 Å². The van der Waals surface area contributed by atoms with Crippen LogP contribution in [0.4, 0.5) is 0 Å². The van der Waals surface area contributed by atoms with Gasteiger partial charge >= 0.3 is 36.1 Å². The number of nitrogens with two attached hydrogens (primary N) is 4. The van der Waals surface area contributed by atoms with Crippen LogP contribution in [0.25, 0.3) is 11.1 Å². The van der Waals surface area contributed by atoms with Gasteiger partial charge in [0.1, 0.15) is 34.5 Å². The molecule has 0 unspecified atom stereocenters. The van der Waals surface area contributed by atoms with E-state index in [1.165, 1.54) is 48.5 Å². The van der Waals surface area contributed by atoms with Gasteiger partial charge in [0, 0.05) is 22.3 Å². The highest BCUT2D eigenvalue weighted by Gasteiger charge is 2.16. The Balaban J connectivity index is 0.000000195. The Bertz CT molecular complexity index is 3180. The lowest BCUT2D eigenvalue weighted by Crippen LogP contribution is -2.10. The van der Waals surface area contributed by atoms with Gasteiger partial charge in [-0.1, -0.05) is 60.7 Å². The number of aromatic nitrogens is 6. The van der Waals surface area contributed by atoms with Crippen LogP contribution in [0.3, 0.4) is 0 Å². The second kappa shape index (κ2) is 22.4. The van der Waals surface area contributed by atoms with Crippen LogP contribution in [0.1, 0.15) is 41.4 Å². The molecule has 9 rings (SSSR count). The number of hydrogen-bond donors (Lipinski definition) is 4. The Morgan fingerprint density at radius 2 is 0.444 bits per heavy atom. The van der Waals surface area contributed by atoms with E-state index in [0.29, 0.717) is 56.8 Å². The zero-order valence-electron chi connectivity index (χ0n) is 37.4. The van der Waals surface area contributed by atoms with Gasteiger partial charge in [-0.15, -0.1) is 29.9 Å². The minimum Gasteiger partial charge on any atom is -0.424 e. The first-order valence-corrected chi connectivity index (χ1v) is 21.3. The molecule has 0 atom stereocenters. The number of carbonyl (C=O) groups is 4. The van der Waals surface area contributed by atoms with E-state index in [2.05, 4.69) is 29.9 Å². The molecule has 0 aliphatic carbocycles. The Labute approximate surface area is 408 Å². The number of amides is 4. The molecule has 2 heterocycles. The molecule has 8 N–H and O–H groups in total. The predicted octanol–water partition coefficient (Wildman–Crippen LogP) is 8.56. The summed E-state index contributed by atoms with van der Waals surface area (Å²) in [7, 11) is 0. The number of ether oxygens (including phenoxy) is 6. The average Bonchev–Trinajstić information content (AvgIpc) is 3.38. The normalized spacial score (nSPS) is 10.4. The van der Waals surface area contributed by atoms with Crippen molar-refractivity contribution in [2.45, 2.75) is 0 Å². The standard InChI is InChI=1S/C29H21N5O5.C23H17N5O5/c30-25(35)20-8-14-23(15-9-20)38-28-32-27(33-29(34-28)39-24-16-10-21(11-17-24)26(31)36)37-22-12-6-19(7-13-22)18-4-2-1-3-5-18;24-19(29)14-6-10-17(11-7-14)32-22-26-21(31-16-4-2-1-3-5-16)27-23(28-22)33-18-12-8-15(9-13-18)20(25)30/h1-17H,(H2,30,35)(H2,31,36);1-13H,(H2,24,29)(H2,25,30). The van der Waals surface area contributed by atoms with Crippen LogP contribution in [0.15, 0.2) is 182 Å². The van der Waals surface area contributed by atoms with Gasteiger partial charge in [-0.2, -0.15) is 0 Å². The third kappa shape index (κ3) is 13.2. The lowest BCUT2D eigenvalue weighted by Gasteiger charge is -2.10. The van der Waals surface area contributed by atoms with Crippen molar-refractivity contribution in [3.8, 4) is 81.7 Å². The fourth-order valence-corrected chi connectivity index (χ4v) is 6.13. The van der Waals surface area contributed by atoms with Crippen molar-refractivity contribution in [2.24, 2.45) is 22.9 Å². The number of carbonyl (C=O) groups excluding carboxylic acids is 4. The van der Waals surface area contributed by atoms with Gasteiger partial charge in [0.05, 0.1) is 0 Å². The molecule has 0 bridgehead atoms. The molecule has 0 spiro atoms. The largest absolute Gasteiger partial charge is 0.424 e.